The third-order valence-electron chi connectivity index (χ3n) is 5.30. The van der Waals surface area contributed by atoms with Crippen molar-refractivity contribution in [1.82, 2.24) is 0 Å². The summed E-state index contributed by atoms with van der Waals surface area (Å²) >= 11 is 0. The molecule has 2 aliphatic carbocycles. The van der Waals surface area contributed by atoms with Crippen molar-refractivity contribution in [2.24, 2.45) is 17.6 Å². The Labute approximate surface area is 125 Å². The van der Waals surface area contributed by atoms with Gasteiger partial charge in [0.2, 0.25) is 0 Å². The lowest BCUT2D eigenvalue weighted by molar-refractivity contribution is 0.516. The van der Waals surface area contributed by atoms with E-state index < -0.39 is 0 Å². The highest BCUT2D eigenvalue weighted by molar-refractivity contribution is 5.40. The summed E-state index contributed by atoms with van der Waals surface area (Å²) in [5, 5.41) is 0. The topological polar surface area (TPSA) is 26.0 Å². The number of fused-ring (bicyclic) bond motifs is 3. The highest BCUT2D eigenvalue weighted by atomic mass is 19.1. The summed E-state index contributed by atoms with van der Waals surface area (Å²) in [6.45, 7) is 0. The first kappa shape index (κ1) is 13.0. The summed E-state index contributed by atoms with van der Waals surface area (Å²) in [6, 6.07) is 15.8. The Morgan fingerprint density at radius 2 is 1.86 bits per heavy atom. The van der Waals surface area contributed by atoms with Crippen LogP contribution < -0.4 is 5.73 Å². The van der Waals surface area contributed by atoms with E-state index in [1.165, 1.54) is 30.0 Å². The lowest BCUT2D eigenvalue weighted by Crippen LogP contribution is -2.27. The largest absolute Gasteiger partial charge is 0.327 e. The predicted molar refractivity (Wildman–Crippen MR) is 82.6 cm³/mol. The van der Waals surface area contributed by atoms with Crippen molar-refractivity contribution in [3.8, 4) is 0 Å². The second kappa shape index (κ2) is 4.96. The average Bonchev–Trinajstić information content (AvgIpc) is 3.24. The van der Waals surface area contributed by atoms with Crippen molar-refractivity contribution in [3.05, 3.63) is 71.0 Å². The number of hydrogen-bond donors (Lipinski definition) is 1. The third-order valence-corrected chi connectivity index (χ3v) is 5.30. The van der Waals surface area contributed by atoms with E-state index in [2.05, 4.69) is 24.3 Å². The zero-order valence-electron chi connectivity index (χ0n) is 12.0. The Morgan fingerprint density at radius 1 is 1.10 bits per heavy atom. The SMILES string of the molecule is NC(Cc1ccccc1F)C1C2CCc3ccccc3C21. The van der Waals surface area contributed by atoms with Gasteiger partial charge >= 0.3 is 0 Å². The highest BCUT2D eigenvalue weighted by Crippen LogP contribution is 2.61. The number of aryl methyl sites for hydroxylation is 1. The molecule has 0 heterocycles. The second-order valence-electron chi connectivity index (χ2n) is 6.46. The van der Waals surface area contributed by atoms with Gasteiger partial charge in [-0.15, -0.1) is 0 Å². The van der Waals surface area contributed by atoms with Crippen LogP contribution in [-0.4, -0.2) is 6.04 Å². The van der Waals surface area contributed by atoms with E-state index in [-0.39, 0.29) is 11.9 Å². The molecule has 1 saturated carbocycles. The quantitative estimate of drug-likeness (QED) is 0.912. The van der Waals surface area contributed by atoms with Crippen molar-refractivity contribution in [1.29, 1.82) is 0 Å². The second-order valence-corrected chi connectivity index (χ2v) is 6.46. The molecule has 1 fully saturated rings. The molecular weight excluding hydrogens is 261 g/mol. The minimum Gasteiger partial charge on any atom is -0.327 e. The van der Waals surface area contributed by atoms with Crippen LogP contribution in [0.3, 0.4) is 0 Å². The number of benzene rings is 2. The van der Waals surface area contributed by atoms with E-state index in [1.54, 1.807) is 6.07 Å². The van der Waals surface area contributed by atoms with Gasteiger partial charge in [-0.3, -0.25) is 0 Å². The molecular formula is C19H20FN. The standard InChI is InChI=1S/C19H20FN/c20-16-8-4-2-6-13(16)11-17(21)19-15-10-9-12-5-1-3-7-14(12)18(15)19/h1-8,15,17-19H,9-11,21H2. The van der Waals surface area contributed by atoms with Crippen molar-refractivity contribution in [2.45, 2.75) is 31.2 Å². The van der Waals surface area contributed by atoms with E-state index in [9.17, 15) is 4.39 Å². The molecule has 4 rings (SSSR count). The molecule has 4 unspecified atom stereocenters. The molecule has 0 aromatic heterocycles. The molecule has 0 bridgehead atoms. The van der Waals surface area contributed by atoms with Gasteiger partial charge in [-0.2, -0.15) is 0 Å². The average molecular weight is 281 g/mol. The summed E-state index contributed by atoms with van der Waals surface area (Å²) in [4.78, 5) is 0. The number of nitrogens with two attached hydrogens (primary N) is 1. The first-order valence-electron chi connectivity index (χ1n) is 7.82. The molecule has 0 radical (unpaired) electrons. The maximum absolute atomic E-state index is 13.8. The van der Waals surface area contributed by atoms with Gasteiger partial charge in [0.05, 0.1) is 0 Å². The number of rotatable bonds is 3. The van der Waals surface area contributed by atoms with E-state index in [0.717, 1.165) is 5.56 Å². The molecule has 0 saturated heterocycles. The normalized spacial score (nSPS) is 27.6. The predicted octanol–water partition coefficient (Wildman–Crippen LogP) is 3.67. The molecule has 2 heteroatoms. The first-order chi connectivity index (χ1) is 10.3. The Kier molecular flexibility index (Phi) is 3.07. The summed E-state index contributed by atoms with van der Waals surface area (Å²) in [7, 11) is 0. The Balaban J connectivity index is 1.53. The fourth-order valence-electron chi connectivity index (χ4n) is 4.26. The van der Waals surface area contributed by atoms with Gasteiger partial charge < -0.3 is 5.73 Å². The Hall–Kier alpha value is -1.67. The zero-order valence-corrected chi connectivity index (χ0v) is 12.0. The minimum absolute atomic E-state index is 0.0584. The lowest BCUT2D eigenvalue weighted by Gasteiger charge is -2.14. The van der Waals surface area contributed by atoms with E-state index >= 15 is 0 Å². The van der Waals surface area contributed by atoms with E-state index in [1.807, 2.05) is 12.1 Å². The smallest absolute Gasteiger partial charge is 0.126 e. The molecule has 2 N–H and O–H groups in total. The van der Waals surface area contributed by atoms with Crippen LogP contribution in [0.4, 0.5) is 4.39 Å². The molecule has 4 atom stereocenters. The number of hydrogen-bond acceptors (Lipinski definition) is 1. The maximum atomic E-state index is 13.8. The van der Waals surface area contributed by atoms with Gasteiger partial charge in [-0.1, -0.05) is 42.5 Å². The Morgan fingerprint density at radius 3 is 2.71 bits per heavy atom. The summed E-state index contributed by atoms with van der Waals surface area (Å²) in [5.74, 6) is 1.71. The lowest BCUT2D eigenvalue weighted by atomic mass is 9.92. The highest BCUT2D eigenvalue weighted by Gasteiger charge is 2.55. The van der Waals surface area contributed by atoms with Crippen molar-refractivity contribution in [3.63, 3.8) is 0 Å². The maximum Gasteiger partial charge on any atom is 0.126 e. The monoisotopic (exact) mass is 281 g/mol. The van der Waals surface area contributed by atoms with Gasteiger partial charge in [0.1, 0.15) is 5.82 Å². The minimum atomic E-state index is -0.128. The van der Waals surface area contributed by atoms with Crippen molar-refractivity contribution in [2.75, 3.05) is 0 Å². The molecule has 2 aromatic rings. The Bertz CT molecular complexity index is 666. The van der Waals surface area contributed by atoms with Crippen LogP contribution in [0.25, 0.3) is 0 Å². The number of halogens is 1. The van der Waals surface area contributed by atoms with Crippen LogP contribution in [0.15, 0.2) is 48.5 Å². The molecule has 1 nitrogen and oxygen atoms in total. The van der Waals surface area contributed by atoms with E-state index in [0.29, 0.717) is 24.2 Å². The molecule has 108 valence electrons. The summed E-state index contributed by atoms with van der Waals surface area (Å²) in [6.07, 6.45) is 3.05. The van der Waals surface area contributed by atoms with Crippen LogP contribution >= 0.6 is 0 Å². The van der Waals surface area contributed by atoms with Gasteiger partial charge in [0.15, 0.2) is 0 Å². The zero-order chi connectivity index (χ0) is 14.4. The third kappa shape index (κ3) is 2.18. The van der Waals surface area contributed by atoms with Crippen LogP contribution in [0.2, 0.25) is 0 Å². The molecule has 2 aliphatic rings. The van der Waals surface area contributed by atoms with Crippen molar-refractivity contribution < 1.29 is 4.39 Å². The van der Waals surface area contributed by atoms with Crippen molar-refractivity contribution >= 4 is 0 Å². The van der Waals surface area contributed by atoms with Gasteiger partial charge in [-0.25, -0.2) is 4.39 Å². The fourth-order valence-corrected chi connectivity index (χ4v) is 4.26. The van der Waals surface area contributed by atoms with Gasteiger partial charge in [0.25, 0.3) is 0 Å². The molecule has 0 spiro atoms. The molecule has 2 aromatic carbocycles. The summed E-state index contributed by atoms with van der Waals surface area (Å²) < 4.78 is 13.8. The molecule has 21 heavy (non-hydrogen) atoms. The van der Waals surface area contributed by atoms with Gasteiger partial charge in [0, 0.05) is 6.04 Å². The molecule has 0 aliphatic heterocycles. The summed E-state index contributed by atoms with van der Waals surface area (Å²) in [5.41, 5.74) is 10.2. The van der Waals surface area contributed by atoms with Crippen LogP contribution in [-0.2, 0) is 12.8 Å². The van der Waals surface area contributed by atoms with Crippen LogP contribution in [0.5, 0.6) is 0 Å². The van der Waals surface area contributed by atoms with Gasteiger partial charge in [-0.05, 0) is 59.8 Å². The first-order valence-corrected chi connectivity index (χ1v) is 7.82. The molecule has 0 amide bonds. The van der Waals surface area contributed by atoms with Crippen LogP contribution in [0.1, 0.15) is 29.0 Å². The fraction of sp³-hybridized carbons (Fsp3) is 0.368. The van der Waals surface area contributed by atoms with Crippen LogP contribution in [0, 0.1) is 17.7 Å². The van der Waals surface area contributed by atoms with E-state index in [4.69, 9.17) is 5.73 Å².